The molecular formula is C17H17FN2O. The first-order valence-electron chi connectivity index (χ1n) is 7.09. The number of amides is 1. The van der Waals surface area contributed by atoms with Crippen molar-refractivity contribution in [2.75, 3.05) is 18.4 Å². The van der Waals surface area contributed by atoms with E-state index in [2.05, 4.69) is 10.6 Å². The van der Waals surface area contributed by atoms with Gasteiger partial charge in [0.05, 0.1) is 5.92 Å². The summed E-state index contributed by atoms with van der Waals surface area (Å²) in [6.45, 7) is 1.06. The maximum absolute atomic E-state index is 13.5. The molecule has 0 saturated heterocycles. The van der Waals surface area contributed by atoms with Crippen LogP contribution in [0.15, 0.2) is 48.5 Å². The number of carbonyl (C=O) groups is 1. The highest BCUT2D eigenvalue weighted by atomic mass is 19.1. The highest BCUT2D eigenvalue weighted by Crippen LogP contribution is 2.30. The number of carbonyl (C=O) groups excluding carboxylic acids is 1. The first-order valence-corrected chi connectivity index (χ1v) is 7.09. The third-order valence-corrected chi connectivity index (χ3v) is 3.80. The number of nitrogens with one attached hydrogen (secondary N) is 2. The van der Waals surface area contributed by atoms with Crippen LogP contribution in [0.5, 0.6) is 0 Å². The van der Waals surface area contributed by atoms with Crippen molar-refractivity contribution in [3.05, 3.63) is 65.5 Å². The minimum absolute atomic E-state index is 0.0104. The fraction of sp³-hybridized carbons (Fsp3) is 0.235. The van der Waals surface area contributed by atoms with Gasteiger partial charge in [0.2, 0.25) is 5.91 Å². The van der Waals surface area contributed by atoms with Crippen LogP contribution in [-0.4, -0.2) is 19.0 Å². The van der Waals surface area contributed by atoms with Gasteiger partial charge in [0.25, 0.3) is 0 Å². The minimum Gasteiger partial charge on any atom is -0.384 e. The molecule has 3 rings (SSSR count). The third-order valence-electron chi connectivity index (χ3n) is 3.80. The minimum atomic E-state index is -0.223. The van der Waals surface area contributed by atoms with Crippen LogP contribution in [-0.2, 0) is 11.2 Å². The van der Waals surface area contributed by atoms with Gasteiger partial charge in [0.15, 0.2) is 0 Å². The van der Waals surface area contributed by atoms with E-state index in [1.165, 1.54) is 6.07 Å². The molecular weight excluding hydrogens is 267 g/mol. The van der Waals surface area contributed by atoms with E-state index >= 15 is 0 Å². The molecule has 0 radical (unpaired) electrons. The molecule has 0 saturated carbocycles. The molecule has 1 aliphatic rings. The van der Waals surface area contributed by atoms with Crippen molar-refractivity contribution in [2.45, 2.75) is 12.3 Å². The maximum atomic E-state index is 13.5. The van der Waals surface area contributed by atoms with Gasteiger partial charge in [-0.15, -0.1) is 0 Å². The summed E-state index contributed by atoms with van der Waals surface area (Å²) in [5.74, 6) is -0.398. The molecule has 0 aromatic heterocycles. The van der Waals surface area contributed by atoms with E-state index in [0.29, 0.717) is 25.1 Å². The van der Waals surface area contributed by atoms with Gasteiger partial charge in [0, 0.05) is 18.8 Å². The third kappa shape index (κ3) is 2.89. The standard InChI is InChI=1S/C17H17FN2O/c18-15-7-3-1-5-12(15)9-10-19-17(21)14-11-20-16-8-4-2-6-13(14)16/h1-8,14,20H,9-11H2,(H,19,21). The number of fused-ring (bicyclic) bond motifs is 1. The second kappa shape index (κ2) is 5.95. The number of anilines is 1. The van der Waals surface area contributed by atoms with Crippen molar-refractivity contribution in [1.29, 1.82) is 0 Å². The zero-order valence-corrected chi connectivity index (χ0v) is 11.6. The molecule has 0 bridgehead atoms. The lowest BCUT2D eigenvalue weighted by Crippen LogP contribution is -2.32. The number of benzene rings is 2. The molecule has 4 heteroatoms. The lowest BCUT2D eigenvalue weighted by atomic mass is 10.0. The molecule has 108 valence electrons. The number of hydrogen-bond donors (Lipinski definition) is 2. The van der Waals surface area contributed by atoms with E-state index in [4.69, 9.17) is 0 Å². The molecule has 1 atom stereocenters. The Labute approximate surface area is 123 Å². The van der Waals surface area contributed by atoms with Gasteiger partial charge < -0.3 is 10.6 Å². The molecule has 1 heterocycles. The van der Waals surface area contributed by atoms with Crippen LogP contribution < -0.4 is 10.6 Å². The van der Waals surface area contributed by atoms with Gasteiger partial charge in [-0.05, 0) is 29.7 Å². The summed E-state index contributed by atoms with van der Waals surface area (Å²) in [5.41, 5.74) is 2.68. The molecule has 1 unspecified atom stereocenters. The lowest BCUT2D eigenvalue weighted by molar-refractivity contribution is -0.122. The summed E-state index contributed by atoms with van der Waals surface area (Å²) in [6, 6.07) is 14.5. The monoisotopic (exact) mass is 284 g/mol. The van der Waals surface area contributed by atoms with Crippen LogP contribution in [0.4, 0.5) is 10.1 Å². The molecule has 0 spiro atoms. The van der Waals surface area contributed by atoms with Gasteiger partial charge in [-0.3, -0.25) is 4.79 Å². The summed E-state index contributed by atoms with van der Waals surface area (Å²) < 4.78 is 13.5. The predicted molar refractivity (Wildman–Crippen MR) is 80.8 cm³/mol. The Kier molecular flexibility index (Phi) is 3.86. The van der Waals surface area contributed by atoms with Crippen molar-refractivity contribution >= 4 is 11.6 Å². The Morgan fingerprint density at radius 1 is 1.19 bits per heavy atom. The molecule has 0 aliphatic carbocycles. The average molecular weight is 284 g/mol. The van der Waals surface area contributed by atoms with E-state index in [1.807, 2.05) is 24.3 Å². The molecule has 21 heavy (non-hydrogen) atoms. The fourth-order valence-electron chi connectivity index (χ4n) is 2.66. The van der Waals surface area contributed by atoms with Crippen LogP contribution >= 0.6 is 0 Å². The second-order valence-electron chi connectivity index (χ2n) is 5.15. The molecule has 2 N–H and O–H groups in total. The van der Waals surface area contributed by atoms with Crippen LogP contribution in [0, 0.1) is 5.82 Å². The predicted octanol–water partition coefficient (Wildman–Crippen LogP) is 2.69. The van der Waals surface area contributed by atoms with Crippen molar-refractivity contribution < 1.29 is 9.18 Å². The van der Waals surface area contributed by atoms with Crippen molar-refractivity contribution in [1.82, 2.24) is 5.32 Å². The number of halogens is 1. The van der Waals surface area contributed by atoms with Gasteiger partial charge >= 0.3 is 0 Å². The maximum Gasteiger partial charge on any atom is 0.229 e. The Hall–Kier alpha value is -2.36. The van der Waals surface area contributed by atoms with Crippen LogP contribution in [0.25, 0.3) is 0 Å². The van der Waals surface area contributed by atoms with E-state index in [0.717, 1.165) is 11.3 Å². The number of para-hydroxylation sites is 1. The largest absolute Gasteiger partial charge is 0.384 e. The zero-order chi connectivity index (χ0) is 14.7. The van der Waals surface area contributed by atoms with E-state index in [-0.39, 0.29) is 17.6 Å². The summed E-state index contributed by atoms with van der Waals surface area (Å²) in [7, 11) is 0. The molecule has 1 aliphatic heterocycles. The highest BCUT2D eigenvalue weighted by Gasteiger charge is 2.27. The normalized spacial score (nSPS) is 16.1. The molecule has 3 nitrogen and oxygen atoms in total. The zero-order valence-electron chi connectivity index (χ0n) is 11.6. The van der Waals surface area contributed by atoms with Crippen molar-refractivity contribution in [2.24, 2.45) is 0 Å². The van der Waals surface area contributed by atoms with Gasteiger partial charge in [-0.2, -0.15) is 0 Å². The quantitative estimate of drug-likeness (QED) is 0.906. The van der Waals surface area contributed by atoms with E-state index < -0.39 is 0 Å². The summed E-state index contributed by atoms with van der Waals surface area (Å²) >= 11 is 0. The summed E-state index contributed by atoms with van der Waals surface area (Å²) in [4.78, 5) is 12.2. The van der Waals surface area contributed by atoms with Crippen LogP contribution in [0.3, 0.4) is 0 Å². The Morgan fingerprint density at radius 2 is 1.95 bits per heavy atom. The number of rotatable bonds is 4. The Balaban J connectivity index is 1.57. The van der Waals surface area contributed by atoms with Crippen molar-refractivity contribution in [3.63, 3.8) is 0 Å². The smallest absolute Gasteiger partial charge is 0.229 e. The first kappa shape index (κ1) is 13.6. The second-order valence-corrected chi connectivity index (χ2v) is 5.15. The van der Waals surface area contributed by atoms with E-state index in [9.17, 15) is 9.18 Å². The SMILES string of the molecule is O=C(NCCc1ccccc1F)C1CNc2ccccc21. The van der Waals surface area contributed by atoms with Crippen molar-refractivity contribution in [3.8, 4) is 0 Å². The van der Waals surface area contributed by atoms with Crippen LogP contribution in [0.2, 0.25) is 0 Å². The Bertz CT molecular complexity index is 657. The summed E-state index contributed by atoms with van der Waals surface area (Å²) in [5, 5.41) is 6.12. The fourth-order valence-corrected chi connectivity index (χ4v) is 2.66. The van der Waals surface area contributed by atoms with Gasteiger partial charge in [-0.1, -0.05) is 36.4 Å². The van der Waals surface area contributed by atoms with Crippen LogP contribution in [0.1, 0.15) is 17.0 Å². The molecule has 0 fully saturated rings. The molecule has 1 amide bonds. The average Bonchev–Trinajstić information content (AvgIpc) is 2.93. The van der Waals surface area contributed by atoms with E-state index in [1.54, 1.807) is 18.2 Å². The molecule has 2 aromatic carbocycles. The topological polar surface area (TPSA) is 41.1 Å². The summed E-state index contributed by atoms with van der Waals surface area (Å²) in [6.07, 6.45) is 0.500. The highest BCUT2D eigenvalue weighted by molar-refractivity contribution is 5.88. The molecule has 2 aromatic rings. The lowest BCUT2D eigenvalue weighted by Gasteiger charge is -2.11. The van der Waals surface area contributed by atoms with Gasteiger partial charge in [-0.25, -0.2) is 4.39 Å². The van der Waals surface area contributed by atoms with Gasteiger partial charge in [0.1, 0.15) is 5.82 Å². The first-order chi connectivity index (χ1) is 10.3. The number of hydrogen-bond acceptors (Lipinski definition) is 2. The Morgan fingerprint density at radius 3 is 2.81 bits per heavy atom.